The lowest BCUT2D eigenvalue weighted by atomic mass is 10.0. The van der Waals surface area contributed by atoms with Gasteiger partial charge < -0.3 is 9.64 Å². The van der Waals surface area contributed by atoms with Gasteiger partial charge in [-0.05, 0) is 37.8 Å². The molecule has 0 spiro atoms. The molecule has 2 rings (SSSR count). The van der Waals surface area contributed by atoms with Gasteiger partial charge in [0.1, 0.15) is 5.75 Å². The SMILES string of the molecule is C[C@H]1CCC[NH+](CCCCOc2ccccc2C=O)C1. The highest BCUT2D eigenvalue weighted by Crippen LogP contribution is 2.15. The Labute approximate surface area is 121 Å². The molecule has 0 aliphatic carbocycles. The van der Waals surface area contributed by atoms with Gasteiger partial charge in [-0.1, -0.05) is 19.1 Å². The van der Waals surface area contributed by atoms with E-state index in [4.69, 9.17) is 4.74 Å². The van der Waals surface area contributed by atoms with Crippen molar-refractivity contribution in [2.45, 2.75) is 32.6 Å². The third-order valence-electron chi connectivity index (χ3n) is 4.09. The van der Waals surface area contributed by atoms with Crippen molar-refractivity contribution in [3.05, 3.63) is 29.8 Å². The van der Waals surface area contributed by atoms with Crippen LogP contribution in [0.1, 0.15) is 43.0 Å². The number of benzene rings is 1. The predicted molar refractivity (Wildman–Crippen MR) is 80.5 cm³/mol. The average Bonchev–Trinajstić information content (AvgIpc) is 2.47. The molecule has 0 bridgehead atoms. The molecule has 1 fully saturated rings. The number of hydrogen-bond acceptors (Lipinski definition) is 2. The van der Waals surface area contributed by atoms with E-state index < -0.39 is 0 Å². The first kappa shape index (κ1) is 15.0. The highest BCUT2D eigenvalue weighted by molar-refractivity contribution is 5.79. The number of carbonyl (C=O) groups excluding carboxylic acids is 1. The zero-order valence-corrected chi connectivity index (χ0v) is 12.4. The van der Waals surface area contributed by atoms with Gasteiger partial charge in [-0.3, -0.25) is 4.79 Å². The molecule has 1 aromatic carbocycles. The molecule has 0 amide bonds. The minimum absolute atomic E-state index is 0.642. The van der Waals surface area contributed by atoms with Crippen LogP contribution >= 0.6 is 0 Å². The summed E-state index contributed by atoms with van der Waals surface area (Å²) in [5.41, 5.74) is 0.642. The number of rotatable bonds is 7. The van der Waals surface area contributed by atoms with Gasteiger partial charge in [0.25, 0.3) is 0 Å². The number of hydrogen-bond donors (Lipinski definition) is 1. The maximum absolute atomic E-state index is 10.9. The number of quaternary nitrogens is 1. The van der Waals surface area contributed by atoms with Gasteiger partial charge in [-0.2, -0.15) is 0 Å². The fraction of sp³-hybridized carbons (Fsp3) is 0.588. The van der Waals surface area contributed by atoms with E-state index >= 15 is 0 Å². The van der Waals surface area contributed by atoms with Crippen molar-refractivity contribution >= 4 is 6.29 Å². The molecule has 1 heterocycles. The molecule has 20 heavy (non-hydrogen) atoms. The zero-order valence-electron chi connectivity index (χ0n) is 12.4. The van der Waals surface area contributed by atoms with Crippen molar-refractivity contribution in [2.75, 3.05) is 26.2 Å². The minimum Gasteiger partial charge on any atom is -0.493 e. The second-order valence-corrected chi connectivity index (χ2v) is 5.91. The summed E-state index contributed by atoms with van der Waals surface area (Å²) < 4.78 is 5.70. The number of ether oxygens (including phenoxy) is 1. The Morgan fingerprint density at radius 2 is 2.20 bits per heavy atom. The van der Waals surface area contributed by atoms with Gasteiger partial charge in [0.2, 0.25) is 0 Å². The van der Waals surface area contributed by atoms with E-state index in [0.29, 0.717) is 17.9 Å². The molecule has 0 radical (unpaired) electrons. The lowest BCUT2D eigenvalue weighted by Crippen LogP contribution is -3.13. The van der Waals surface area contributed by atoms with Crippen LogP contribution in [0.4, 0.5) is 0 Å². The van der Waals surface area contributed by atoms with Crippen molar-refractivity contribution in [1.29, 1.82) is 0 Å². The number of likely N-dealkylation sites (tertiary alicyclic amines) is 1. The van der Waals surface area contributed by atoms with Gasteiger partial charge in [0.15, 0.2) is 6.29 Å². The van der Waals surface area contributed by atoms with E-state index in [9.17, 15) is 4.79 Å². The number of para-hydroxylation sites is 1. The number of aldehydes is 1. The largest absolute Gasteiger partial charge is 0.493 e. The van der Waals surface area contributed by atoms with E-state index in [1.165, 1.54) is 38.9 Å². The zero-order chi connectivity index (χ0) is 14.2. The lowest BCUT2D eigenvalue weighted by Gasteiger charge is -2.27. The van der Waals surface area contributed by atoms with Crippen LogP contribution < -0.4 is 9.64 Å². The summed E-state index contributed by atoms with van der Waals surface area (Å²) in [6.07, 6.45) is 5.89. The normalized spacial score (nSPS) is 22.4. The molecule has 110 valence electrons. The highest BCUT2D eigenvalue weighted by Gasteiger charge is 2.18. The second kappa shape index (κ2) is 8.05. The monoisotopic (exact) mass is 276 g/mol. The summed E-state index contributed by atoms with van der Waals surface area (Å²) in [6, 6.07) is 7.42. The van der Waals surface area contributed by atoms with Gasteiger partial charge >= 0.3 is 0 Å². The van der Waals surface area contributed by atoms with Crippen molar-refractivity contribution in [3.8, 4) is 5.75 Å². The molecule has 1 aliphatic heterocycles. The molecule has 1 saturated heterocycles. The van der Waals surface area contributed by atoms with Crippen LogP contribution in [0.25, 0.3) is 0 Å². The summed E-state index contributed by atoms with van der Waals surface area (Å²) in [5.74, 6) is 1.59. The summed E-state index contributed by atoms with van der Waals surface area (Å²) in [4.78, 5) is 12.6. The van der Waals surface area contributed by atoms with Crippen LogP contribution in [0.2, 0.25) is 0 Å². The van der Waals surface area contributed by atoms with Crippen molar-refractivity contribution in [2.24, 2.45) is 5.92 Å². The Morgan fingerprint density at radius 1 is 1.35 bits per heavy atom. The second-order valence-electron chi connectivity index (χ2n) is 5.91. The molecule has 1 N–H and O–H groups in total. The topological polar surface area (TPSA) is 30.7 Å². The Morgan fingerprint density at radius 3 is 3.00 bits per heavy atom. The molecule has 0 saturated carbocycles. The minimum atomic E-state index is 0.642. The van der Waals surface area contributed by atoms with Crippen LogP contribution in [0.5, 0.6) is 5.75 Å². The standard InChI is InChI=1S/C17H25NO2/c1-15-7-6-11-18(13-15)10-4-5-12-20-17-9-3-2-8-16(17)14-19/h2-3,8-9,14-15H,4-7,10-13H2,1H3/p+1/t15-/m0/s1. The van der Waals surface area contributed by atoms with E-state index in [1.54, 1.807) is 11.0 Å². The maximum Gasteiger partial charge on any atom is 0.153 e. The first-order valence-electron chi connectivity index (χ1n) is 7.80. The molecular weight excluding hydrogens is 250 g/mol. The Kier molecular flexibility index (Phi) is 6.06. The summed E-state index contributed by atoms with van der Waals surface area (Å²) >= 11 is 0. The molecule has 3 heteroatoms. The van der Waals surface area contributed by atoms with Crippen LogP contribution in [0.15, 0.2) is 24.3 Å². The average molecular weight is 276 g/mol. The Hall–Kier alpha value is -1.35. The van der Waals surface area contributed by atoms with E-state index in [0.717, 1.165) is 18.6 Å². The van der Waals surface area contributed by atoms with Crippen LogP contribution in [-0.2, 0) is 0 Å². The van der Waals surface area contributed by atoms with E-state index in [2.05, 4.69) is 6.92 Å². The molecule has 2 atom stereocenters. The number of unbranched alkanes of at least 4 members (excludes halogenated alkanes) is 1. The molecule has 1 aromatic rings. The third-order valence-corrected chi connectivity index (χ3v) is 4.09. The first-order valence-corrected chi connectivity index (χ1v) is 7.80. The fourth-order valence-corrected chi connectivity index (χ4v) is 2.99. The highest BCUT2D eigenvalue weighted by atomic mass is 16.5. The first-order chi connectivity index (χ1) is 9.79. The number of piperidine rings is 1. The molecular formula is C17H26NO2+. The van der Waals surface area contributed by atoms with E-state index in [-0.39, 0.29) is 0 Å². The number of carbonyl (C=O) groups is 1. The quantitative estimate of drug-likeness (QED) is 0.610. The van der Waals surface area contributed by atoms with Crippen LogP contribution in [-0.4, -0.2) is 32.5 Å². The summed E-state index contributed by atoms with van der Waals surface area (Å²) in [7, 11) is 0. The van der Waals surface area contributed by atoms with Crippen LogP contribution in [0, 0.1) is 5.92 Å². The van der Waals surface area contributed by atoms with Gasteiger partial charge in [-0.25, -0.2) is 0 Å². The maximum atomic E-state index is 10.9. The van der Waals surface area contributed by atoms with Crippen molar-refractivity contribution in [3.63, 3.8) is 0 Å². The van der Waals surface area contributed by atoms with Gasteiger partial charge in [-0.15, -0.1) is 0 Å². The van der Waals surface area contributed by atoms with Crippen LogP contribution in [0.3, 0.4) is 0 Å². The Balaban J connectivity index is 1.63. The summed E-state index contributed by atoms with van der Waals surface area (Å²) in [6.45, 7) is 6.98. The molecule has 3 nitrogen and oxygen atoms in total. The van der Waals surface area contributed by atoms with E-state index in [1.807, 2.05) is 18.2 Å². The van der Waals surface area contributed by atoms with Gasteiger partial charge in [0.05, 0.1) is 31.8 Å². The summed E-state index contributed by atoms with van der Waals surface area (Å²) in [5, 5.41) is 0. The molecule has 1 unspecified atom stereocenters. The smallest absolute Gasteiger partial charge is 0.153 e. The van der Waals surface area contributed by atoms with Crippen molar-refractivity contribution in [1.82, 2.24) is 0 Å². The van der Waals surface area contributed by atoms with Crippen molar-refractivity contribution < 1.29 is 14.4 Å². The Bertz CT molecular complexity index is 419. The fourth-order valence-electron chi connectivity index (χ4n) is 2.99. The molecule has 1 aliphatic rings. The third kappa shape index (κ3) is 4.64. The number of nitrogens with one attached hydrogen (secondary N) is 1. The molecule has 0 aromatic heterocycles. The lowest BCUT2D eigenvalue weighted by molar-refractivity contribution is -0.908. The van der Waals surface area contributed by atoms with Gasteiger partial charge in [0, 0.05) is 5.92 Å². The predicted octanol–water partition coefficient (Wildman–Crippen LogP) is 1.97.